The third kappa shape index (κ3) is 2.34. The van der Waals surface area contributed by atoms with Crippen LogP contribution in [-0.4, -0.2) is 11.8 Å². The number of hydrogen-bond acceptors (Lipinski definition) is 2. The monoisotopic (exact) mass is 429 g/mol. The van der Waals surface area contributed by atoms with Crippen LogP contribution in [0.25, 0.3) is 10.8 Å². The van der Waals surface area contributed by atoms with E-state index in [9.17, 15) is 9.59 Å². The quantitative estimate of drug-likeness (QED) is 0.378. The summed E-state index contributed by atoms with van der Waals surface area (Å²) in [4.78, 5) is 29.6. The smallest absolute Gasteiger partial charge is 0.238 e. The molecule has 1 heterocycles. The molecule has 2 bridgehead atoms. The molecule has 1 fully saturated rings. The molecule has 1 aliphatic heterocycles. The minimum atomic E-state index is -0.351. The number of amides is 2. The molecule has 0 saturated carbocycles. The first-order valence-electron chi connectivity index (χ1n) is 11.8. The molecule has 3 nitrogen and oxygen atoms in total. The van der Waals surface area contributed by atoms with Gasteiger partial charge in [0.05, 0.1) is 17.5 Å². The average molecular weight is 430 g/mol. The van der Waals surface area contributed by atoms with Crippen molar-refractivity contribution in [3.63, 3.8) is 0 Å². The number of aryl methyl sites for hydroxylation is 1. The maximum absolute atomic E-state index is 14.1. The molecule has 3 aliphatic carbocycles. The number of imide groups is 1. The van der Waals surface area contributed by atoms with Gasteiger partial charge in [-0.15, -0.1) is 0 Å². The Morgan fingerprint density at radius 2 is 1.27 bits per heavy atom. The second-order valence-electron chi connectivity index (χ2n) is 9.46. The summed E-state index contributed by atoms with van der Waals surface area (Å²) in [6, 6.07) is 28.9. The lowest BCUT2D eigenvalue weighted by atomic mass is 9.55. The van der Waals surface area contributed by atoms with Gasteiger partial charge in [0.15, 0.2) is 0 Å². The fourth-order valence-electron chi connectivity index (χ4n) is 6.64. The van der Waals surface area contributed by atoms with Crippen molar-refractivity contribution in [1.29, 1.82) is 0 Å². The van der Waals surface area contributed by atoms with Crippen molar-refractivity contribution >= 4 is 28.3 Å². The Labute approximate surface area is 192 Å². The summed E-state index contributed by atoms with van der Waals surface area (Å²) >= 11 is 0. The van der Waals surface area contributed by atoms with Gasteiger partial charge in [0.25, 0.3) is 0 Å². The molecule has 160 valence electrons. The van der Waals surface area contributed by atoms with Crippen molar-refractivity contribution in [3.05, 3.63) is 113 Å². The summed E-state index contributed by atoms with van der Waals surface area (Å²) in [6.45, 7) is 2.16. The molecule has 0 N–H and O–H groups in total. The molecule has 2 amide bonds. The van der Waals surface area contributed by atoms with E-state index < -0.39 is 0 Å². The highest BCUT2D eigenvalue weighted by Gasteiger charge is 2.61. The average Bonchev–Trinajstić information content (AvgIpc) is 3.13. The van der Waals surface area contributed by atoms with Gasteiger partial charge in [0.1, 0.15) is 0 Å². The Bertz CT molecular complexity index is 1480. The van der Waals surface area contributed by atoms with Gasteiger partial charge in [-0.2, -0.15) is 0 Å². The molecule has 0 spiro atoms. The molecule has 0 radical (unpaired) electrons. The summed E-state index contributed by atoms with van der Waals surface area (Å²) < 4.78 is 0. The number of rotatable bonds is 2. The van der Waals surface area contributed by atoms with Crippen LogP contribution in [0, 0.1) is 11.8 Å². The largest absolute Gasteiger partial charge is 0.274 e. The normalized spacial score (nSPS) is 24.7. The topological polar surface area (TPSA) is 37.4 Å². The van der Waals surface area contributed by atoms with Gasteiger partial charge in [-0.05, 0) is 45.7 Å². The van der Waals surface area contributed by atoms with Crippen molar-refractivity contribution in [2.75, 3.05) is 4.90 Å². The molecule has 4 aromatic rings. The zero-order valence-corrected chi connectivity index (χ0v) is 18.4. The predicted molar refractivity (Wildman–Crippen MR) is 129 cm³/mol. The highest BCUT2D eigenvalue weighted by atomic mass is 16.2. The van der Waals surface area contributed by atoms with Crippen LogP contribution >= 0.6 is 0 Å². The van der Waals surface area contributed by atoms with Crippen molar-refractivity contribution in [2.45, 2.75) is 25.2 Å². The Hall–Kier alpha value is -3.72. The second-order valence-corrected chi connectivity index (χ2v) is 9.46. The minimum Gasteiger partial charge on any atom is -0.274 e. The molecule has 1 saturated heterocycles. The van der Waals surface area contributed by atoms with Gasteiger partial charge in [-0.25, -0.2) is 4.90 Å². The third-order valence-corrected chi connectivity index (χ3v) is 8.02. The number of nitrogens with zero attached hydrogens (tertiary/aromatic N) is 1. The molecular weight excluding hydrogens is 406 g/mol. The first-order valence-corrected chi connectivity index (χ1v) is 11.8. The van der Waals surface area contributed by atoms with Crippen LogP contribution < -0.4 is 4.90 Å². The van der Waals surface area contributed by atoms with Crippen molar-refractivity contribution in [3.8, 4) is 0 Å². The van der Waals surface area contributed by atoms with Crippen LogP contribution in [0.15, 0.2) is 84.9 Å². The third-order valence-electron chi connectivity index (χ3n) is 8.02. The molecule has 4 atom stereocenters. The van der Waals surface area contributed by atoms with E-state index in [1.807, 2.05) is 42.5 Å². The first-order chi connectivity index (χ1) is 16.2. The van der Waals surface area contributed by atoms with Gasteiger partial charge >= 0.3 is 0 Å². The highest BCUT2D eigenvalue weighted by molar-refractivity contribution is 6.26. The zero-order chi connectivity index (χ0) is 22.3. The van der Waals surface area contributed by atoms with Crippen LogP contribution in [0.4, 0.5) is 5.69 Å². The lowest BCUT2D eigenvalue weighted by Gasteiger charge is -2.46. The van der Waals surface area contributed by atoms with Gasteiger partial charge in [-0.1, -0.05) is 85.8 Å². The van der Waals surface area contributed by atoms with Crippen LogP contribution in [0.2, 0.25) is 0 Å². The molecule has 4 aromatic carbocycles. The number of anilines is 1. The fraction of sp³-hybridized carbons (Fsp3) is 0.200. The molecular formula is C30H23NO2. The molecule has 4 aliphatic rings. The summed E-state index contributed by atoms with van der Waals surface area (Å²) in [5, 5.41) is 1.98. The number of hydrogen-bond donors (Lipinski definition) is 0. The van der Waals surface area contributed by atoms with Crippen molar-refractivity contribution in [2.24, 2.45) is 11.8 Å². The van der Waals surface area contributed by atoms with Crippen LogP contribution in [0.5, 0.6) is 0 Å². The van der Waals surface area contributed by atoms with E-state index in [2.05, 4.69) is 49.4 Å². The fourth-order valence-corrected chi connectivity index (χ4v) is 6.64. The predicted octanol–water partition coefficient (Wildman–Crippen LogP) is 5.80. The van der Waals surface area contributed by atoms with E-state index >= 15 is 0 Å². The van der Waals surface area contributed by atoms with Crippen LogP contribution in [-0.2, 0) is 16.0 Å². The van der Waals surface area contributed by atoms with Gasteiger partial charge < -0.3 is 0 Å². The standard InChI is InChI=1S/C30H23NO2/c1-2-17-14-15-22-23(16-17)26-21-12-6-5-11-20(21)25(22)27-28(26)30(33)31(29(27)32)24-13-7-9-18-8-3-4-10-19(18)24/h3-16,25-28H,2H2,1H3/t25-,26-,27-,28+/m0/s1. The SMILES string of the molecule is CCc1ccc2c(c1)[C@@H]1c3ccccc3[C@@H]2[C@@H]2C(=O)N(c3cccc4ccccc34)C(=O)[C@H]12. The maximum Gasteiger partial charge on any atom is 0.238 e. The number of carbonyl (C=O) groups excluding carboxylic acids is 2. The number of fused-ring (bicyclic) bond motifs is 1. The Morgan fingerprint density at radius 1 is 0.667 bits per heavy atom. The Balaban J connectivity index is 1.46. The molecule has 33 heavy (non-hydrogen) atoms. The molecule has 0 aromatic heterocycles. The molecule has 0 unspecified atom stereocenters. The van der Waals surface area contributed by atoms with Gasteiger partial charge in [-0.3, -0.25) is 9.59 Å². The van der Waals surface area contributed by atoms with Crippen LogP contribution in [0.3, 0.4) is 0 Å². The Kier molecular flexibility index (Phi) is 3.79. The molecule has 8 rings (SSSR count). The summed E-state index contributed by atoms with van der Waals surface area (Å²) in [5.74, 6) is -0.968. The lowest BCUT2D eigenvalue weighted by Crippen LogP contribution is -2.41. The number of benzene rings is 4. The van der Waals surface area contributed by atoms with Crippen molar-refractivity contribution in [1.82, 2.24) is 0 Å². The first kappa shape index (κ1) is 18.8. The van der Waals surface area contributed by atoms with E-state index in [1.54, 1.807) is 0 Å². The minimum absolute atomic E-state index is 0.0570. The second kappa shape index (κ2) is 6.64. The van der Waals surface area contributed by atoms with Gasteiger partial charge in [0, 0.05) is 17.2 Å². The zero-order valence-electron chi connectivity index (χ0n) is 18.4. The lowest BCUT2D eigenvalue weighted by molar-refractivity contribution is -0.122. The molecule has 3 heteroatoms. The van der Waals surface area contributed by atoms with E-state index in [1.165, 1.54) is 32.7 Å². The van der Waals surface area contributed by atoms with Crippen LogP contribution in [0.1, 0.15) is 46.6 Å². The van der Waals surface area contributed by atoms with E-state index in [4.69, 9.17) is 0 Å². The van der Waals surface area contributed by atoms with Crippen molar-refractivity contribution < 1.29 is 9.59 Å². The maximum atomic E-state index is 14.1. The van der Waals surface area contributed by atoms with E-state index in [0.717, 1.165) is 17.2 Å². The summed E-state index contributed by atoms with van der Waals surface area (Å²) in [7, 11) is 0. The number of carbonyl (C=O) groups is 2. The van der Waals surface area contributed by atoms with Gasteiger partial charge in [0.2, 0.25) is 11.8 Å². The highest BCUT2D eigenvalue weighted by Crippen LogP contribution is 2.61. The summed E-state index contributed by atoms with van der Waals surface area (Å²) in [6.07, 6.45) is 0.954. The summed E-state index contributed by atoms with van der Waals surface area (Å²) in [5.41, 5.74) is 6.86. The Morgan fingerprint density at radius 3 is 2.00 bits per heavy atom. The van der Waals surface area contributed by atoms with E-state index in [0.29, 0.717) is 5.69 Å². The van der Waals surface area contributed by atoms with E-state index in [-0.39, 0.29) is 35.5 Å².